The molecule has 0 bridgehead atoms. The third-order valence-corrected chi connectivity index (χ3v) is 5.27. The van der Waals surface area contributed by atoms with Gasteiger partial charge in [-0.25, -0.2) is 0 Å². The summed E-state index contributed by atoms with van der Waals surface area (Å²) in [5, 5.41) is 0. The van der Waals surface area contributed by atoms with Crippen LogP contribution in [0.2, 0.25) is 0 Å². The highest BCUT2D eigenvalue weighted by atomic mass is 32.2. The molecule has 1 rings (SSSR count). The smallest absolute Gasteiger partial charge is 0.306 e. The van der Waals surface area contributed by atoms with E-state index in [1.165, 1.54) is 0 Å². The molecular formula is C21H36N2O4S. The van der Waals surface area contributed by atoms with Gasteiger partial charge in [-0.2, -0.15) is 8.42 Å². The molecule has 0 aromatic heterocycles. The van der Waals surface area contributed by atoms with Crippen molar-refractivity contribution in [2.45, 2.75) is 67.0 Å². The molecule has 6 nitrogen and oxygen atoms in total. The maximum Gasteiger partial charge on any atom is 0.306 e. The van der Waals surface area contributed by atoms with Crippen LogP contribution in [0.25, 0.3) is 0 Å². The Labute approximate surface area is 171 Å². The molecule has 0 aliphatic rings. The second kappa shape index (κ2) is 10.7. The van der Waals surface area contributed by atoms with Gasteiger partial charge in [-0.15, -0.1) is 0 Å². The molecule has 0 radical (unpaired) electrons. The van der Waals surface area contributed by atoms with E-state index >= 15 is 0 Å². The predicted molar refractivity (Wildman–Crippen MR) is 115 cm³/mol. The highest BCUT2D eigenvalue weighted by molar-refractivity contribution is 7.86. The van der Waals surface area contributed by atoms with Crippen LogP contribution in [-0.4, -0.2) is 44.6 Å². The lowest BCUT2D eigenvalue weighted by Crippen LogP contribution is -2.38. The Bertz CT molecular complexity index is 743. The van der Waals surface area contributed by atoms with Crippen molar-refractivity contribution in [3.05, 3.63) is 23.8 Å². The second-order valence-corrected chi connectivity index (χ2v) is 9.20. The summed E-state index contributed by atoms with van der Waals surface area (Å²) in [4.78, 5) is 16.7. The van der Waals surface area contributed by atoms with Gasteiger partial charge in [0.2, 0.25) is 5.91 Å². The van der Waals surface area contributed by atoms with Gasteiger partial charge >= 0.3 is 10.1 Å². The van der Waals surface area contributed by atoms with E-state index in [-0.39, 0.29) is 23.6 Å². The minimum absolute atomic E-state index is 0.0554. The Hall–Kier alpha value is -1.76. The van der Waals surface area contributed by atoms with Crippen molar-refractivity contribution >= 4 is 21.7 Å². The SMILES string of the molecule is CCC(C)N(Cc1ccc(N(CC)CC)cc1OS(C)(=O)=O)C(=O)CC(C)C. The van der Waals surface area contributed by atoms with Crippen LogP contribution in [-0.2, 0) is 21.5 Å². The van der Waals surface area contributed by atoms with Crippen LogP contribution in [0, 0.1) is 5.92 Å². The van der Waals surface area contributed by atoms with Gasteiger partial charge in [0.05, 0.1) is 6.26 Å². The summed E-state index contributed by atoms with van der Waals surface area (Å²) in [7, 11) is -3.68. The first-order valence-electron chi connectivity index (χ1n) is 10.1. The lowest BCUT2D eigenvalue weighted by Gasteiger charge is -2.30. The fourth-order valence-electron chi connectivity index (χ4n) is 3.06. The van der Waals surface area contributed by atoms with Crippen molar-refractivity contribution in [1.29, 1.82) is 0 Å². The summed E-state index contributed by atoms with van der Waals surface area (Å²) in [5.41, 5.74) is 1.59. The summed E-state index contributed by atoms with van der Waals surface area (Å²) >= 11 is 0. The van der Waals surface area contributed by atoms with Gasteiger partial charge in [-0.1, -0.05) is 26.8 Å². The number of benzene rings is 1. The molecule has 1 atom stereocenters. The molecule has 1 aromatic rings. The van der Waals surface area contributed by atoms with Crippen LogP contribution in [0.5, 0.6) is 5.75 Å². The minimum atomic E-state index is -3.68. The van der Waals surface area contributed by atoms with Gasteiger partial charge in [-0.05, 0) is 39.2 Å². The van der Waals surface area contributed by atoms with Crippen molar-refractivity contribution < 1.29 is 17.4 Å². The molecule has 7 heteroatoms. The Morgan fingerprint density at radius 1 is 1.11 bits per heavy atom. The second-order valence-electron chi connectivity index (χ2n) is 7.63. The number of carbonyl (C=O) groups excluding carboxylic acids is 1. The summed E-state index contributed by atoms with van der Waals surface area (Å²) in [5.74, 6) is 0.621. The molecule has 0 heterocycles. The summed E-state index contributed by atoms with van der Waals surface area (Å²) in [6.45, 7) is 14.1. The molecular weight excluding hydrogens is 376 g/mol. The van der Waals surface area contributed by atoms with Crippen molar-refractivity contribution in [3.8, 4) is 5.75 Å². The summed E-state index contributed by atoms with van der Waals surface area (Å²) in [6.07, 6.45) is 2.32. The highest BCUT2D eigenvalue weighted by Gasteiger charge is 2.23. The van der Waals surface area contributed by atoms with Crippen LogP contribution >= 0.6 is 0 Å². The number of nitrogens with zero attached hydrogens (tertiary/aromatic N) is 2. The predicted octanol–water partition coefficient (Wildman–Crippen LogP) is 4.04. The van der Waals surface area contributed by atoms with E-state index in [0.29, 0.717) is 18.5 Å². The zero-order valence-corrected chi connectivity index (χ0v) is 19.2. The van der Waals surface area contributed by atoms with E-state index < -0.39 is 10.1 Å². The largest absolute Gasteiger partial charge is 0.382 e. The average Bonchev–Trinajstić information content (AvgIpc) is 2.59. The number of amides is 1. The number of rotatable bonds is 11. The van der Waals surface area contributed by atoms with Gasteiger partial charge in [0.25, 0.3) is 0 Å². The normalized spacial score (nSPS) is 12.7. The van der Waals surface area contributed by atoms with E-state index in [4.69, 9.17) is 4.18 Å². The molecule has 0 aliphatic carbocycles. The standard InChI is InChI=1S/C21H36N2O4S/c1-8-17(6)23(21(24)13-16(4)5)15-18-11-12-19(22(9-2)10-3)14-20(18)27-28(7,25)26/h11-12,14,16-17H,8-10,13,15H2,1-7H3. The van der Waals surface area contributed by atoms with Crippen LogP contribution in [0.15, 0.2) is 18.2 Å². The number of carbonyl (C=O) groups is 1. The molecule has 0 fully saturated rings. The first-order valence-corrected chi connectivity index (χ1v) is 11.9. The lowest BCUT2D eigenvalue weighted by molar-refractivity contribution is -0.134. The van der Waals surface area contributed by atoms with Crippen molar-refractivity contribution in [2.75, 3.05) is 24.2 Å². The fourth-order valence-corrected chi connectivity index (χ4v) is 3.54. The Morgan fingerprint density at radius 2 is 1.71 bits per heavy atom. The van der Waals surface area contributed by atoms with Crippen molar-refractivity contribution in [2.24, 2.45) is 5.92 Å². The van der Waals surface area contributed by atoms with Crippen LogP contribution < -0.4 is 9.08 Å². The molecule has 1 aromatic carbocycles. The van der Waals surface area contributed by atoms with Gasteiger partial charge in [0, 0.05) is 49.4 Å². The maximum absolute atomic E-state index is 12.8. The monoisotopic (exact) mass is 412 g/mol. The molecule has 0 saturated carbocycles. The van der Waals surface area contributed by atoms with E-state index in [2.05, 4.69) is 4.90 Å². The Morgan fingerprint density at radius 3 is 2.18 bits per heavy atom. The molecule has 1 amide bonds. The van der Waals surface area contributed by atoms with E-state index in [1.807, 2.05) is 58.6 Å². The van der Waals surface area contributed by atoms with E-state index in [0.717, 1.165) is 31.5 Å². The topological polar surface area (TPSA) is 66.9 Å². The van der Waals surface area contributed by atoms with Crippen molar-refractivity contribution in [3.63, 3.8) is 0 Å². The number of anilines is 1. The number of hydrogen-bond donors (Lipinski definition) is 0. The van der Waals surface area contributed by atoms with Gasteiger partial charge in [0.1, 0.15) is 5.75 Å². The maximum atomic E-state index is 12.8. The average molecular weight is 413 g/mol. The third-order valence-electron chi connectivity index (χ3n) is 4.79. The van der Waals surface area contributed by atoms with Gasteiger partial charge in [0.15, 0.2) is 0 Å². The highest BCUT2D eigenvalue weighted by Crippen LogP contribution is 2.29. The zero-order valence-electron chi connectivity index (χ0n) is 18.4. The molecule has 28 heavy (non-hydrogen) atoms. The first kappa shape index (κ1) is 24.3. The minimum Gasteiger partial charge on any atom is -0.382 e. The van der Waals surface area contributed by atoms with Crippen LogP contribution in [0.3, 0.4) is 0 Å². The molecule has 0 spiro atoms. The third kappa shape index (κ3) is 7.34. The zero-order chi connectivity index (χ0) is 21.5. The fraction of sp³-hybridized carbons (Fsp3) is 0.667. The summed E-state index contributed by atoms with van der Waals surface area (Å²) in [6, 6.07) is 5.64. The number of hydrogen-bond acceptors (Lipinski definition) is 5. The Balaban J connectivity index is 3.32. The van der Waals surface area contributed by atoms with Gasteiger partial charge in [-0.3, -0.25) is 4.79 Å². The summed E-state index contributed by atoms with van der Waals surface area (Å²) < 4.78 is 28.9. The lowest BCUT2D eigenvalue weighted by atomic mass is 10.1. The first-order chi connectivity index (χ1) is 13.0. The Kier molecular flexibility index (Phi) is 9.27. The van der Waals surface area contributed by atoms with E-state index in [9.17, 15) is 13.2 Å². The van der Waals surface area contributed by atoms with Gasteiger partial charge < -0.3 is 14.0 Å². The van der Waals surface area contributed by atoms with Crippen molar-refractivity contribution in [1.82, 2.24) is 4.90 Å². The van der Waals surface area contributed by atoms with Crippen LogP contribution in [0.4, 0.5) is 5.69 Å². The molecule has 160 valence electrons. The quantitative estimate of drug-likeness (QED) is 0.513. The van der Waals surface area contributed by atoms with E-state index in [1.54, 1.807) is 6.07 Å². The molecule has 0 N–H and O–H groups in total. The molecule has 1 unspecified atom stereocenters. The van der Waals surface area contributed by atoms with Crippen LogP contribution in [0.1, 0.15) is 59.9 Å². The molecule has 0 saturated heterocycles. The molecule has 0 aliphatic heterocycles.